The predicted octanol–water partition coefficient (Wildman–Crippen LogP) is 5.42. The lowest BCUT2D eigenvalue weighted by atomic mass is 10.2. The van der Waals surface area contributed by atoms with E-state index >= 15 is 0 Å². The first kappa shape index (κ1) is 16.7. The Morgan fingerprint density at radius 3 is 2.50 bits per heavy atom. The van der Waals surface area contributed by atoms with Gasteiger partial charge in [-0.15, -0.1) is 0 Å². The molecule has 0 aliphatic carbocycles. The summed E-state index contributed by atoms with van der Waals surface area (Å²) in [6, 6.07) is 12.0. The Balaban J connectivity index is 2.12. The summed E-state index contributed by atoms with van der Waals surface area (Å²) in [6.45, 7) is 4.05. The molecule has 116 valence electrons. The fourth-order valence-corrected chi connectivity index (χ4v) is 2.38. The Labute approximate surface area is 140 Å². The van der Waals surface area contributed by atoms with Crippen LogP contribution in [0.3, 0.4) is 0 Å². The molecule has 2 rings (SSSR count). The summed E-state index contributed by atoms with van der Waals surface area (Å²) in [5.41, 5.74) is 1.06. The summed E-state index contributed by atoms with van der Waals surface area (Å²) in [7, 11) is 0. The molecule has 1 amide bonds. The number of ether oxygens (including phenoxy) is 1. The van der Waals surface area contributed by atoms with Crippen LogP contribution in [0.25, 0.3) is 0 Å². The number of carbonyl (C=O) groups is 1. The van der Waals surface area contributed by atoms with Crippen molar-refractivity contribution in [2.24, 2.45) is 0 Å². The largest absolute Gasteiger partial charge is 0.491 e. The molecule has 22 heavy (non-hydrogen) atoms. The number of hydrogen-bond acceptors (Lipinski definition) is 2. The second kappa shape index (κ2) is 7.52. The molecule has 0 spiro atoms. The lowest BCUT2D eigenvalue weighted by Crippen LogP contribution is -2.13. The van der Waals surface area contributed by atoms with Gasteiger partial charge in [0.1, 0.15) is 5.75 Å². The van der Waals surface area contributed by atoms with E-state index in [0.29, 0.717) is 21.3 Å². The van der Waals surface area contributed by atoms with Crippen molar-refractivity contribution < 1.29 is 9.53 Å². The Bertz CT molecular complexity index is 653. The highest BCUT2D eigenvalue weighted by molar-refractivity contribution is 6.35. The van der Waals surface area contributed by atoms with E-state index in [1.807, 2.05) is 19.1 Å². The highest BCUT2D eigenvalue weighted by atomic mass is 35.5. The molecule has 0 bridgehead atoms. The van der Waals surface area contributed by atoms with Crippen LogP contribution in [-0.4, -0.2) is 12.0 Å². The molecule has 5 heteroatoms. The van der Waals surface area contributed by atoms with Gasteiger partial charge in [0, 0.05) is 27.4 Å². The molecule has 0 fully saturated rings. The highest BCUT2D eigenvalue weighted by Gasteiger charge is 2.09. The number of carbonyl (C=O) groups excluding carboxylic acids is 1. The van der Waals surface area contributed by atoms with E-state index in [1.165, 1.54) is 0 Å². The van der Waals surface area contributed by atoms with Crippen LogP contribution in [0.5, 0.6) is 5.75 Å². The van der Waals surface area contributed by atoms with E-state index in [4.69, 9.17) is 27.9 Å². The molecule has 2 aromatic rings. The van der Waals surface area contributed by atoms with Crippen LogP contribution in [0, 0.1) is 0 Å². The minimum Gasteiger partial charge on any atom is -0.491 e. The fraction of sp³-hybridized carbons (Fsp3) is 0.235. The van der Waals surface area contributed by atoms with Gasteiger partial charge in [0.2, 0.25) is 0 Å². The number of amides is 1. The smallest absolute Gasteiger partial charge is 0.255 e. The average Bonchev–Trinajstić information content (AvgIpc) is 2.46. The molecular weight excluding hydrogens is 321 g/mol. The lowest BCUT2D eigenvalue weighted by Gasteiger charge is -2.13. The van der Waals surface area contributed by atoms with E-state index < -0.39 is 0 Å². The van der Waals surface area contributed by atoms with Crippen molar-refractivity contribution in [2.45, 2.75) is 26.4 Å². The summed E-state index contributed by atoms with van der Waals surface area (Å²) < 4.78 is 5.74. The Hall–Kier alpha value is -1.71. The molecule has 3 nitrogen and oxygen atoms in total. The number of nitrogens with one attached hydrogen (secondary N) is 1. The van der Waals surface area contributed by atoms with Gasteiger partial charge in [0.25, 0.3) is 5.91 Å². The minimum absolute atomic E-state index is 0.123. The fourth-order valence-electron chi connectivity index (χ4n) is 1.85. The molecule has 1 atom stereocenters. The Morgan fingerprint density at radius 1 is 1.18 bits per heavy atom. The highest BCUT2D eigenvalue weighted by Crippen LogP contribution is 2.22. The molecule has 0 aromatic heterocycles. The molecule has 0 saturated carbocycles. The monoisotopic (exact) mass is 337 g/mol. The van der Waals surface area contributed by atoms with Crippen LogP contribution >= 0.6 is 23.2 Å². The minimum atomic E-state index is -0.273. The van der Waals surface area contributed by atoms with Crippen LogP contribution in [0.15, 0.2) is 42.5 Å². The molecule has 0 heterocycles. The van der Waals surface area contributed by atoms with Crippen LogP contribution in [0.4, 0.5) is 5.69 Å². The number of halogens is 2. The van der Waals surface area contributed by atoms with Crippen molar-refractivity contribution in [3.8, 4) is 5.75 Å². The second-order valence-corrected chi connectivity index (χ2v) is 5.85. The summed E-state index contributed by atoms with van der Waals surface area (Å²) in [4.78, 5) is 12.2. The number of benzene rings is 2. The van der Waals surface area contributed by atoms with Crippen LogP contribution < -0.4 is 10.1 Å². The quantitative estimate of drug-likeness (QED) is 0.790. The molecule has 0 aliphatic rings. The zero-order chi connectivity index (χ0) is 16.1. The molecule has 1 N–H and O–H groups in total. The van der Waals surface area contributed by atoms with Crippen LogP contribution in [-0.2, 0) is 0 Å². The molecular formula is C17H17Cl2NO2. The standard InChI is InChI=1S/C17H17Cl2NO2/c1-3-11(2)22-16-6-4-5-15(10-16)20-17(21)12-7-13(18)9-14(19)8-12/h4-11H,3H2,1-2H3,(H,20,21). The lowest BCUT2D eigenvalue weighted by molar-refractivity contribution is 0.102. The van der Waals surface area contributed by atoms with Gasteiger partial charge in [-0.05, 0) is 43.7 Å². The molecule has 0 radical (unpaired) electrons. The van der Waals surface area contributed by atoms with Gasteiger partial charge in [0.15, 0.2) is 0 Å². The van der Waals surface area contributed by atoms with E-state index in [1.54, 1.807) is 30.3 Å². The number of rotatable bonds is 5. The van der Waals surface area contributed by atoms with Crippen molar-refractivity contribution >= 4 is 34.8 Å². The Morgan fingerprint density at radius 2 is 1.86 bits per heavy atom. The van der Waals surface area contributed by atoms with Crippen molar-refractivity contribution in [1.82, 2.24) is 0 Å². The van der Waals surface area contributed by atoms with E-state index in [9.17, 15) is 4.79 Å². The normalized spacial score (nSPS) is 11.8. The van der Waals surface area contributed by atoms with Crippen molar-refractivity contribution in [2.75, 3.05) is 5.32 Å². The predicted molar refractivity (Wildman–Crippen MR) is 91.2 cm³/mol. The summed E-state index contributed by atoms with van der Waals surface area (Å²) >= 11 is 11.8. The van der Waals surface area contributed by atoms with E-state index in [2.05, 4.69) is 12.2 Å². The number of hydrogen-bond donors (Lipinski definition) is 1. The molecule has 2 aromatic carbocycles. The van der Waals surface area contributed by atoms with Crippen molar-refractivity contribution in [3.63, 3.8) is 0 Å². The third kappa shape index (κ3) is 4.65. The maximum absolute atomic E-state index is 12.2. The van der Waals surface area contributed by atoms with Gasteiger partial charge in [-0.2, -0.15) is 0 Å². The SMILES string of the molecule is CCC(C)Oc1cccc(NC(=O)c2cc(Cl)cc(Cl)c2)c1. The van der Waals surface area contributed by atoms with Crippen LogP contribution in [0.2, 0.25) is 10.0 Å². The summed E-state index contributed by atoms with van der Waals surface area (Å²) in [5.74, 6) is 0.446. The van der Waals surface area contributed by atoms with Crippen molar-refractivity contribution in [1.29, 1.82) is 0 Å². The first-order chi connectivity index (χ1) is 10.5. The zero-order valence-corrected chi connectivity index (χ0v) is 13.9. The zero-order valence-electron chi connectivity index (χ0n) is 12.4. The van der Waals surface area contributed by atoms with Gasteiger partial charge >= 0.3 is 0 Å². The van der Waals surface area contributed by atoms with Crippen LogP contribution in [0.1, 0.15) is 30.6 Å². The summed E-state index contributed by atoms with van der Waals surface area (Å²) in [6.07, 6.45) is 1.04. The molecule has 0 saturated heterocycles. The summed E-state index contributed by atoms with van der Waals surface area (Å²) in [5, 5.41) is 3.65. The Kier molecular flexibility index (Phi) is 5.69. The maximum Gasteiger partial charge on any atom is 0.255 e. The van der Waals surface area contributed by atoms with Gasteiger partial charge in [-0.3, -0.25) is 4.79 Å². The van der Waals surface area contributed by atoms with E-state index in [0.717, 1.165) is 12.2 Å². The van der Waals surface area contributed by atoms with Gasteiger partial charge in [-0.1, -0.05) is 36.2 Å². The van der Waals surface area contributed by atoms with E-state index in [-0.39, 0.29) is 12.0 Å². The van der Waals surface area contributed by atoms with Crippen molar-refractivity contribution in [3.05, 3.63) is 58.1 Å². The second-order valence-electron chi connectivity index (χ2n) is 4.98. The van der Waals surface area contributed by atoms with Gasteiger partial charge in [-0.25, -0.2) is 0 Å². The first-order valence-corrected chi connectivity index (χ1v) is 7.77. The maximum atomic E-state index is 12.2. The van der Waals surface area contributed by atoms with Gasteiger partial charge in [0.05, 0.1) is 6.10 Å². The first-order valence-electron chi connectivity index (χ1n) is 7.02. The molecule has 1 unspecified atom stereocenters. The third-order valence-corrected chi connectivity index (χ3v) is 3.57. The third-order valence-electron chi connectivity index (χ3n) is 3.13. The average molecular weight is 338 g/mol. The van der Waals surface area contributed by atoms with Gasteiger partial charge < -0.3 is 10.1 Å². The topological polar surface area (TPSA) is 38.3 Å². The number of anilines is 1. The molecule has 0 aliphatic heterocycles.